The molecule has 0 aliphatic heterocycles. The second-order valence-electron chi connectivity index (χ2n) is 5.44. The van der Waals surface area contributed by atoms with Gasteiger partial charge < -0.3 is 0 Å². The Labute approximate surface area is 135 Å². The number of benzene rings is 2. The Kier molecular flexibility index (Phi) is 4.93. The standard InChI is InChI=1S/C18H20BrCl/c1-11-9-12(2)14(4)18(13(11)3)16(19)10-15-7-5-6-8-17(15)20/h5-9,16H,10H2,1-4H3. The number of halogens is 2. The molecule has 2 aromatic rings. The van der Waals surface area contributed by atoms with Crippen LogP contribution in [0.15, 0.2) is 30.3 Å². The zero-order chi connectivity index (χ0) is 14.9. The van der Waals surface area contributed by atoms with E-state index in [-0.39, 0.29) is 0 Å². The second kappa shape index (κ2) is 6.32. The van der Waals surface area contributed by atoms with Crippen molar-refractivity contribution in [2.45, 2.75) is 38.9 Å². The quantitative estimate of drug-likeness (QED) is 0.573. The summed E-state index contributed by atoms with van der Waals surface area (Å²) in [5.41, 5.74) is 8.05. The molecule has 0 saturated heterocycles. The van der Waals surface area contributed by atoms with E-state index in [1.54, 1.807) is 0 Å². The Balaban J connectivity index is 2.40. The lowest BCUT2D eigenvalue weighted by atomic mass is 9.90. The van der Waals surface area contributed by atoms with Crippen LogP contribution in [-0.4, -0.2) is 0 Å². The Morgan fingerprint density at radius 3 is 2.10 bits per heavy atom. The number of hydrogen-bond acceptors (Lipinski definition) is 0. The highest BCUT2D eigenvalue weighted by Gasteiger charge is 2.17. The molecule has 0 N–H and O–H groups in total. The number of aryl methyl sites for hydroxylation is 2. The minimum atomic E-state index is 0.293. The predicted molar refractivity (Wildman–Crippen MR) is 92.2 cm³/mol. The van der Waals surface area contributed by atoms with Gasteiger partial charge in [0, 0.05) is 9.85 Å². The van der Waals surface area contributed by atoms with Gasteiger partial charge in [-0.3, -0.25) is 0 Å². The molecule has 0 nitrogen and oxygen atoms in total. The van der Waals surface area contributed by atoms with Gasteiger partial charge >= 0.3 is 0 Å². The summed E-state index contributed by atoms with van der Waals surface area (Å²) in [7, 11) is 0. The zero-order valence-corrected chi connectivity index (χ0v) is 14.8. The molecule has 1 unspecified atom stereocenters. The molecular formula is C18H20BrCl. The van der Waals surface area contributed by atoms with E-state index < -0.39 is 0 Å². The molecule has 0 heterocycles. The van der Waals surface area contributed by atoms with Crippen LogP contribution < -0.4 is 0 Å². The maximum absolute atomic E-state index is 6.28. The minimum Gasteiger partial charge on any atom is -0.0840 e. The first kappa shape index (κ1) is 15.6. The van der Waals surface area contributed by atoms with Gasteiger partial charge in [-0.1, -0.05) is 51.8 Å². The molecular weight excluding hydrogens is 332 g/mol. The normalized spacial score (nSPS) is 12.5. The number of hydrogen-bond donors (Lipinski definition) is 0. The van der Waals surface area contributed by atoms with Crippen LogP contribution in [0.5, 0.6) is 0 Å². The summed E-state index contributed by atoms with van der Waals surface area (Å²) in [4.78, 5) is 0.293. The van der Waals surface area contributed by atoms with Crippen LogP contribution in [0.2, 0.25) is 5.02 Å². The molecule has 2 aromatic carbocycles. The van der Waals surface area contributed by atoms with Gasteiger partial charge in [-0.25, -0.2) is 0 Å². The lowest BCUT2D eigenvalue weighted by Crippen LogP contribution is -2.04. The third-order valence-electron chi connectivity index (χ3n) is 4.09. The van der Waals surface area contributed by atoms with Crippen molar-refractivity contribution in [1.82, 2.24) is 0 Å². The molecule has 0 aliphatic carbocycles. The maximum atomic E-state index is 6.28. The molecule has 2 heteroatoms. The highest BCUT2D eigenvalue weighted by molar-refractivity contribution is 9.09. The molecule has 0 amide bonds. The molecule has 0 fully saturated rings. The maximum Gasteiger partial charge on any atom is 0.0441 e. The van der Waals surface area contributed by atoms with Crippen molar-refractivity contribution in [3.05, 3.63) is 68.7 Å². The molecule has 106 valence electrons. The van der Waals surface area contributed by atoms with Crippen molar-refractivity contribution in [3.8, 4) is 0 Å². The largest absolute Gasteiger partial charge is 0.0840 e. The summed E-state index contributed by atoms with van der Waals surface area (Å²) in [6, 6.07) is 10.3. The van der Waals surface area contributed by atoms with E-state index in [2.05, 4.69) is 55.8 Å². The monoisotopic (exact) mass is 350 g/mol. The van der Waals surface area contributed by atoms with Gasteiger partial charge in [0.2, 0.25) is 0 Å². The molecule has 0 aromatic heterocycles. The first-order valence-electron chi connectivity index (χ1n) is 6.86. The van der Waals surface area contributed by atoms with Crippen molar-refractivity contribution < 1.29 is 0 Å². The van der Waals surface area contributed by atoms with Gasteiger partial charge in [-0.15, -0.1) is 0 Å². The van der Waals surface area contributed by atoms with Gasteiger partial charge in [0.25, 0.3) is 0 Å². The average Bonchev–Trinajstić information content (AvgIpc) is 2.39. The van der Waals surface area contributed by atoms with Gasteiger partial charge in [0.15, 0.2) is 0 Å². The van der Waals surface area contributed by atoms with Crippen molar-refractivity contribution in [1.29, 1.82) is 0 Å². The summed E-state index contributed by atoms with van der Waals surface area (Å²) in [5, 5.41) is 0.844. The van der Waals surface area contributed by atoms with Crippen LogP contribution in [0.3, 0.4) is 0 Å². The van der Waals surface area contributed by atoms with E-state index in [0.29, 0.717) is 4.83 Å². The van der Waals surface area contributed by atoms with Crippen LogP contribution in [0.25, 0.3) is 0 Å². The Bertz CT molecular complexity index is 605. The van der Waals surface area contributed by atoms with Crippen LogP contribution in [-0.2, 0) is 6.42 Å². The number of alkyl halides is 1. The molecule has 0 radical (unpaired) electrons. The van der Waals surface area contributed by atoms with E-state index in [1.165, 1.54) is 33.4 Å². The molecule has 0 spiro atoms. The van der Waals surface area contributed by atoms with E-state index in [0.717, 1.165) is 11.4 Å². The summed E-state index contributed by atoms with van der Waals surface area (Å²) in [6.07, 6.45) is 0.907. The number of rotatable bonds is 3. The second-order valence-corrected chi connectivity index (χ2v) is 6.95. The molecule has 20 heavy (non-hydrogen) atoms. The predicted octanol–water partition coefficient (Wildman–Crippen LogP) is 6.25. The molecule has 0 bridgehead atoms. The van der Waals surface area contributed by atoms with Crippen molar-refractivity contribution in [2.75, 3.05) is 0 Å². The fourth-order valence-corrected chi connectivity index (χ4v) is 3.92. The smallest absolute Gasteiger partial charge is 0.0441 e. The molecule has 0 saturated carbocycles. The average molecular weight is 352 g/mol. The van der Waals surface area contributed by atoms with Crippen LogP contribution in [0.1, 0.15) is 38.2 Å². The summed E-state index contributed by atoms with van der Waals surface area (Å²) < 4.78 is 0. The van der Waals surface area contributed by atoms with E-state index in [1.807, 2.05) is 18.2 Å². The Morgan fingerprint density at radius 1 is 1.00 bits per heavy atom. The third kappa shape index (κ3) is 3.10. The van der Waals surface area contributed by atoms with E-state index in [4.69, 9.17) is 11.6 Å². The topological polar surface area (TPSA) is 0 Å². The lowest BCUT2D eigenvalue weighted by Gasteiger charge is -2.20. The Morgan fingerprint density at radius 2 is 1.55 bits per heavy atom. The van der Waals surface area contributed by atoms with Gasteiger partial charge in [-0.05, 0) is 73.6 Å². The minimum absolute atomic E-state index is 0.293. The SMILES string of the molecule is Cc1cc(C)c(C)c(C(Br)Cc2ccccc2Cl)c1C. The summed E-state index contributed by atoms with van der Waals surface area (Å²) in [6.45, 7) is 8.77. The highest BCUT2D eigenvalue weighted by atomic mass is 79.9. The highest BCUT2D eigenvalue weighted by Crippen LogP contribution is 2.36. The van der Waals surface area contributed by atoms with Gasteiger partial charge in [0.1, 0.15) is 0 Å². The molecule has 1 atom stereocenters. The first-order valence-corrected chi connectivity index (χ1v) is 8.16. The van der Waals surface area contributed by atoms with Gasteiger partial charge in [-0.2, -0.15) is 0 Å². The fraction of sp³-hybridized carbons (Fsp3) is 0.333. The molecule has 0 aliphatic rings. The van der Waals surface area contributed by atoms with Crippen molar-refractivity contribution in [3.63, 3.8) is 0 Å². The lowest BCUT2D eigenvalue weighted by molar-refractivity contribution is 0.919. The van der Waals surface area contributed by atoms with Crippen molar-refractivity contribution >= 4 is 27.5 Å². The summed E-state index contributed by atoms with van der Waals surface area (Å²) in [5.74, 6) is 0. The Hall–Kier alpha value is -0.790. The van der Waals surface area contributed by atoms with E-state index in [9.17, 15) is 0 Å². The first-order chi connectivity index (χ1) is 9.41. The fourth-order valence-electron chi connectivity index (χ4n) is 2.68. The van der Waals surface area contributed by atoms with Crippen LogP contribution >= 0.6 is 27.5 Å². The molecule has 2 rings (SSSR count). The van der Waals surface area contributed by atoms with Crippen LogP contribution in [0.4, 0.5) is 0 Å². The summed E-state index contributed by atoms with van der Waals surface area (Å²) >= 11 is 10.1. The van der Waals surface area contributed by atoms with Crippen molar-refractivity contribution in [2.24, 2.45) is 0 Å². The zero-order valence-electron chi connectivity index (χ0n) is 12.4. The van der Waals surface area contributed by atoms with E-state index >= 15 is 0 Å². The van der Waals surface area contributed by atoms with Crippen LogP contribution in [0, 0.1) is 27.7 Å². The third-order valence-corrected chi connectivity index (χ3v) is 5.24. The van der Waals surface area contributed by atoms with Gasteiger partial charge in [0.05, 0.1) is 0 Å².